The molecule has 0 aromatic carbocycles. The molecule has 0 aliphatic carbocycles. The highest BCUT2D eigenvalue weighted by Gasteiger charge is 2.34. The fraction of sp³-hybridized carbons (Fsp3) is 0.579. The Morgan fingerprint density at radius 1 is 1.44 bits per heavy atom. The Morgan fingerprint density at radius 2 is 2.24 bits per heavy atom. The lowest BCUT2D eigenvalue weighted by Gasteiger charge is -2.35. The molecule has 0 unspecified atom stereocenters. The van der Waals surface area contributed by atoms with Gasteiger partial charge in [0.15, 0.2) is 5.76 Å². The molecule has 6 nitrogen and oxygen atoms in total. The van der Waals surface area contributed by atoms with E-state index in [9.17, 15) is 4.79 Å². The molecule has 25 heavy (non-hydrogen) atoms. The molecular weight excluding hydrogens is 320 g/mol. The summed E-state index contributed by atoms with van der Waals surface area (Å²) < 4.78 is 11.5. The van der Waals surface area contributed by atoms with Crippen LogP contribution in [0.2, 0.25) is 0 Å². The highest BCUT2D eigenvalue weighted by Crippen LogP contribution is 2.36. The summed E-state index contributed by atoms with van der Waals surface area (Å²) in [6.07, 6.45) is 6.83. The number of unbranched alkanes of at least 4 members (excludes halogenated alkanes) is 1. The van der Waals surface area contributed by atoms with E-state index in [1.54, 1.807) is 24.5 Å². The zero-order chi connectivity index (χ0) is 18.3. The topological polar surface area (TPSA) is 80.7 Å². The normalized spacial score (nSPS) is 20.6. The number of carbonyl (C=O) groups excluding carboxylic acids is 1. The van der Waals surface area contributed by atoms with Crippen LogP contribution in [0.5, 0.6) is 0 Å². The van der Waals surface area contributed by atoms with Gasteiger partial charge in [-0.2, -0.15) is 0 Å². The smallest absolute Gasteiger partial charge is 0.290 e. The number of amides is 1. The number of nitrogens with one attached hydrogen (secondary N) is 1. The summed E-state index contributed by atoms with van der Waals surface area (Å²) >= 11 is 0. The van der Waals surface area contributed by atoms with E-state index in [1.165, 1.54) is 0 Å². The maximum atomic E-state index is 12.5. The first kappa shape index (κ1) is 19.4. The van der Waals surface area contributed by atoms with Crippen molar-refractivity contribution in [3.05, 3.63) is 36.4 Å². The van der Waals surface area contributed by atoms with E-state index in [0.29, 0.717) is 25.1 Å². The number of nitrogens with zero attached hydrogens (tertiary/aromatic N) is 1. The van der Waals surface area contributed by atoms with Gasteiger partial charge in [0.2, 0.25) is 6.29 Å². The van der Waals surface area contributed by atoms with Crippen LogP contribution in [0.15, 0.2) is 36.4 Å². The quantitative estimate of drug-likeness (QED) is 0.740. The number of allylic oxidation sites excluding steroid dienone is 1. The summed E-state index contributed by atoms with van der Waals surface area (Å²) in [5.74, 6) is 0.145. The number of aromatic nitrogens is 1. The van der Waals surface area contributed by atoms with Crippen LogP contribution in [0.4, 0.5) is 5.69 Å². The lowest BCUT2D eigenvalue weighted by atomic mass is 9.77. The Kier molecular flexibility index (Phi) is 6.96. The summed E-state index contributed by atoms with van der Waals surface area (Å²) in [4.78, 5) is 16.5. The second-order valence-corrected chi connectivity index (χ2v) is 7.28. The van der Waals surface area contributed by atoms with Gasteiger partial charge < -0.3 is 19.9 Å². The van der Waals surface area contributed by atoms with E-state index in [4.69, 9.17) is 14.6 Å². The highest BCUT2D eigenvalue weighted by molar-refractivity contribution is 6.02. The molecule has 0 fully saturated rings. The Hall–Kier alpha value is -1.92. The maximum absolute atomic E-state index is 12.5. The molecule has 2 rings (SSSR count). The highest BCUT2D eigenvalue weighted by atomic mass is 16.7. The van der Waals surface area contributed by atoms with Gasteiger partial charge in [-0.05, 0) is 42.4 Å². The molecule has 6 heteroatoms. The van der Waals surface area contributed by atoms with Crippen molar-refractivity contribution in [2.75, 3.05) is 18.5 Å². The lowest BCUT2D eigenvalue weighted by molar-refractivity contribution is -0.150. The number of pyridine rings is 1. The fourth-order valence-electron chi connectivity index (χ4n) is 2.58. The summed E-state index contributed by atoms with van der Waals surface area (Å²) in [6, 6.07) is 3.54. The molecule has 1 aliphatic rings. The number of aliphatic hydroxyl groups excluding tert-OH is 1. The van der Waals surface area contributed by atoms with Gasteiger partial charge in [-0.15, -0.1) is 0 Å². The largest absolute Gasteiger partial charge is 0.459 e. The average Bonchev–Trinajstić information content (AvgIpc) is 2.58. The zero-order valence-corrected chi connectivity index (χ0v) is 15.2. The van der Waals surface area contributed by atoms with Crippen LogP contribution >= 0.6 is 0 Å². The van der Waals surface area contributed by atoms with Gasteiger partial charge in [0.25, 0.3) is 5.91 Å². The molecule has 1 aromatic rings. The number of rotatable bonds is 7. The number of aliphatic hydroxyl groups is 1. The van der Waals surface area contributed by atoms with Crippen LogP contribution in [0.25, 0.3) is 0 Å². The summed E-state index contributed by atoms with van der Waals surface area (Å²) in [7, 11) is 0. The Morgan fingerprint density at radius 3 is 2.88 bits per heavy atom. The molecule has 0 bridgehead atoms. The third-order valence-corrected chi connectivity index (χ3v) is 4.17. The first-order valence-electron chi connectivity index (χ1n) is 8.72. The number of ether oxygens (including phenoxy) is 2. The summed E-state index contributed by atoms with van der Waals surface area (Å²) in [5, 5.41) is 11.7. The van der Waals surface area contributed by atoms with E-state index in [1.807, 2.05) is 6.08 Å². The molecule has 138 valence electrons. The third-order valence-electron chi connectivity index (χ3n) is 4.17. The van der Waals surface area contributed by atoms with Gasteiger partial charge in [-0.3, -0.25) is 9.78 Å². The SMILES string of the molecule is CC(C)(C)[C@H]1C=C(C(=O)Nc2cccnc2)O[C@@H](OCCCCO)C1. The lowest BCUT2D eigenvalue weighted by Crippen LogP contribution is -2.34. The van der Waals surface area contributed by atoms with Crippen LogP contribution in [-0.4, -0.2) is 35.5 Å². The maximum Gasteiger partial charge on any atom is 0.290 e. The van der Waals surface area contributed by atoms with Gasteiger partial charge in [-0.1, -0.05) is 20.8 Å². The molecule has 0 saturated carbocycles. The van der Waals surface area contributed by atoms with Gasteiger partial charge in [0.1, 0.15) is 0 Å². The van der Waals surface area contributed by atoms with Crippen molar-refractivity contribution in [1.29, 1.82) is 0 Å². The molecule has 2 N–H and O–H groups in total. The second kappa shape index (κ2) is 8.97. The van der Waals surface area contributed by atoms with Crippen molar-refractivity contribution < 1.29 is 19.4 Å². The number of anilines is 1. The second-order valence-electron chi connectivity index (χ2n) is 7.28. The van der Waals surface area contributed by atoms with Crippen molar-refractivity contribution in [3.8, 4) is 0 Å². The predicted molar refractivity (Wildman–Crippen MR) is 95.7 cm³/mol. The average molecular weight is 348 g/mol. The summed E-state index contributed by atoms with van der Waals surface area (Å²) in [6.45, 7) is 7.06. The molecular formula is C19H28N2O4. The van der Waals surface area contributed by atoms with E-state index >= 15 is 0 Å². The fourth-order valence-corrected chi connectivity index (χ4v) is 2.58. The van der Waals surface area contributed by atoms with E-state index < -0.39 is 6.29 Å². The first-order valence-corrected chi connectivity index (χ1v) is 8.72. The van der Waals surface area contributed by atoms with Crippen LogP contribution in [0, 0.1) is 11.3 Å². The molecule has 0 spiro atoms. The first-order chi connectivity index (χ1) is 11.9. The third kappa shape index (κ3) is 6.14. The standard InChI is InChI=1S/C19H28N2O4/c1-19(2,3)14-11-16(18(23)21-15-7-6-8-20-13-15)25-17(12-14)24-10-5-4-9-22/h6-8,11,13-14,17,22H,4-5,9-10,12H2,1-3H3,(H,21,23)/t14-,17+/m0/s1. The van der Waals surface area contributed by atoms with Crippen LogP contribution in [-0.2, 0) is 14.3 Å². The van der Waals surface area contributed by atoms with Gasteiger partial charge in [-0.25, -0.2) is 0 Å². The number of hydrogen-bond donors (Lipinski definition) is 2. The Balaban J connectivity index is 2.05. The minimum atomic E-state index is -0.456. The van der Waals surface area contributed by atoms with Crippen molar-refractivity contribution in [1.82, 2.24) is 4.98 Å². The Labute approximate surface area is 149 Å². The van der Waals surface area contributed by atoms with Crippen LogP contribution in [0.1, 0.15) is 40.0 Å². The van der Waals surface area contributed by atoms with Crippen molar-refractivity contribution in [2.24, 2.45) is 11.3 Å². The molecule has 1 amide bonds. The van der Waals surface area contributed by atoms with Crippen molar-refractivity contribution in [2.45, 2.75) is 46.3 Å². The monoisotopic (exact) mass is 348 g/mol. The van der Waals surface area contributed by atoms with E-state index in [0.717, 1.165) is 6.42 Å². The summed E-state index contributed by atoms with van der Waals surface area (Å²) in [5.41, 5.74) is 0.617. The van der Waals surface area contributed by atoms with Gasteiger partial charge >= 0.3 is 0 Å². The van der Waals surface area contributed by atoms with Crippen molar-refractivity contribution in [3.63, 3.8) is 0 Å². The molecule has 0 saturated heterocycles. The molecule has 2 heterocycles. The zero-order valence-electron chi connectivity index (χ0n) is 15.2. The van der Waals surface area contributed by atoms with E-state index in [-0.39, 0.29) is 29.6 Å². The molecule has 1 aromatic heterocycles. The molecule has 2 atom stereocenters. The van der Waals surface area contributed by atoms with Crippen LogP contribution < -0.4 is 5.32 Å². The number of hydrogen-bond acceptors (Lipinski definition) is 5. The van der Waals surface area contributed by atoms with Crippen molar-refractivity contribution >= 4 is 11.6 Å². The number of carbonyl (C=O) groups is 1. The van der Waals surface area contributed by atoms with Gasteiger partial charge in [0, 0.05) is 19.2 Å². The van der Waals surface area contributed by atoms with Gasteiger partial charge in [0.05, 0.1) is 18.5 Å². The molecule has 1 aliphatic heterocycles. The minimum Gasteiger partial charge on any atom is -0.459 e. The van der Waals surface area contributed by atoms with E-state index in [2.05, 4.69) is 31.1 Å². The predicted octanol–water partition coefficient (Wildman–Crippen LogP) is 3.10. The Bertz CT molecular complexity index is 581. The van der Waals surface area contributed by atoms with Crippen LogP contribution in [0.3, 0.4) is 0 Å². The minimum absolute atomic E-state index is 0.00365. The molecule has 0 radical (unpaired) electrons.